The molecule has 0 saturated heterocycles. The SMILES string of the molecule is CCC(C)NC(=O)C(C)N(Cc1ccccc1Cl)C(=O)CCc1ccc(C)cc1. The van der Waals surface area contributed by atoms with E-state index in [1.165, 1.54) is 5.56 Å². The van der Waals surface area contributed by atoms with Crippen molar-refractivity contribution in [2.24, 2.45) is 0 Å². The first-order valence-electron chi connectivity index (χ1n) is 10.2. The number of carbonyl (C=O) groups is 2. The molecule has 0 radical (unpaired) electrons. The van der Waals surface area contributed by atoms with Crippen LogP contribution in [-0.2, 0) is 22.6 Å². The Morgan fingerprint density at radius 3 is 2.34 bits per heavy atom. The highest BCUT2D eigenvalue weighted by Crippen LogP contribution is 2.20. The van der Waals surface area contributed by atoms with Crippen molar-refractivity contribution in [2.45, 2.75) is 65.6 Å². The molecule has 0 heterocycles. The number of carbonyl (C=O) groups excluding carboxylic acids is 2. The molecule has 2 aromatic rings. The number of hydrogen-bond donors (Lipinski definition) is 1. The maximum absolute atomic E-state index is 13.1. The van der Waals surface area contributed by atoms with E-state index in [0.29, 0.717) is 24.4 Å². The van der Waals surface area contributed by atoms with Gasteiger partial charge in [-0.05, 0) is 50.8 Å². The van der Waals surface area contributed by atoms with Gasteiger partial charge in [-0.3, -0.25) is 9.59 Å². The third kappa shape index (κ3) is 6.90. The Bertz CT molecular complexity index is 820. The van der Waals surface area contributed by atoms with Crippen molar-refractivity contribution in [3.05, 3.63) is 70.2 Å². The van der Waals surface area contributed by atoms with Crippen LogP contribution in [0.2, 0.25) is 5.02 Å². The molecule has 0 bridgehead atoms. The van der Waals surface area contributed by atoms with Gasteiger partial charge < -0.3 is 10.2 Å². The summed E-state index contributed by atoms with van der Waals surface area (Å²) < 4.78 is 0. The number of hydrogen-bond acceptors (Lipinski definition) is 2. The van der Waals surface area contributed by atoms with E-state index in [4.69, 9.17) is 11.6 Å². The van der Waals surface area contributed by atoms with Gasteiger partial charge in [-0.25, -0.2) is 0 Å². The van der Waals surface area contributed by atoms with Gasteiger partial charge in [-0.1, -0.05) is 66.6 Å². The molecule has 2 amide bonds. The molecule has 2 rings (SSSR count). The highest BCUT2D eigenvalue weighted by atomic mass is 35.5. The zero-order valence-corrected chi connectivity index (χ0v) is 18.5. The Balaban J connectivity index is 2.15. The predicted molar refractivity (Wildman–Crippen MR) is 119 cm³/mol. The van der Waals surface area contributed by atoms with Crippen LogP contribution in [-0.4, -0.2) is 28.8 Å². The summed E-state index contributed by atoms with van der Waals surface area (Å²) >= 11 is 6.31. The van der Waals surface area contributed by atoms with Gasteiger partial charge in [0.15, 0.2) is 0 Å². The summed E-state index contributed by atoms with van der Waals surface area (Å²) in [5.74, 6) is -0.201. The van der Waals surface area contributed by atoms with E-state index in [9.17, 15) is 9.59 Å². The Labute approximate surface area is 179 Å². The maximum atomic E-state index is 13.1. The van der Waals surface area contributed by atoms with Crippen molar-refractivity contribution in [1.82, 2.24) is 10.2 Å². The lowest BCUT2D eigenvalue weighted by atomic mass is 10.1. The normalized spacial score (nSPS) is 12.9. The Morgan fingerprint density at radius 1 is 1.07 bits per heavy atom. The average molecular weight is 415 g/mol. The zero-order valence-electron chi connectivity index (χ0n) is 17.7. The summed E-state index contributed by atoms with van der Waals surface area (Å²) in [7, 11) is 0. The first-order chi connectivity index (χ1) is 13.8. The second-order valence-electron chi connectivity index (χ2n) is 7.59. The van der Waals surface area contributed by atoms with Crippen molar-refractivity contribution < 1.29 is 9.59 Å². The third-order valence-corrected chi connectivity index (χ3v) is 5.58. The van der Waals surface area contributed by atoms with E-state index >= 15 is 0 Å². The van der Waals surface area contributed by atoms with Crippen LogP contribution in [0.25, 0.3) is 0 Å². The van der Waals surface area contributed by atoms with Gasteiger partial charge in [0.05, 0.1) is 0 Å². The average Bonchev–Trinajstić information content (AvgIpc) is 2.71. The molecule has 156 valence electrons. The molecule has 0 aliphatic rings. The van der Waals surface area contributed by atoms with Gasteiger partial charge >= 0.3 is 0 Å². The molecule has 1 N–H and O–H groups in total. The van der Waals surface area contributed by atoms with Gasteiger partial charge in [0.1, 0.15) is 6.04 Å². The summed E-state index contributed by atoms with van der Waals surface area (Å²) in [5, 5.41) is 3.57. The van der Waals surface area contributed by atoms with E-state index in [1.54, 1.807) is 17.9 Å². The van der Waals surface area contributed by atoms with Crippen LogP contribution in [0, 0.1) is 6.92 Å². The van der Waals surface area contributed by atoms with Gasteiger partial charge in [-0.15, -0.1) is 0 Å². The number of nitrogens with one attached hydrogen (secondary N) is 1. The van der Waals surface area contributed by atoms with Crippen molar-refractivity contribution in [3.63, 3.8) is 0 Å². The summed E-state index contributed by atoms with van der Waals surface area (Å²) in [6.07, 6.45) is 1.82. The number of rotatable bonds is 9. The van der Waals surface area contributed by atoms with Crippen molar-refractivity contribution in [1.29, 1.82) is 0 Å². The van der Waals surface area contributed by atoms with Crippen LogP contribution in [0.5, 0.6) is 0 Å². The molecule has 0 fully saturated rings. The van der Waals surface area contributed by atoms with Crippen LogP contribution in [0.3, 0.4) is 0 Å². The van der Waals surface area contributed by atoms with E-state index in [2.05, 4.69) is 5.32 Å². The van der Waals surface area contributed by atoms with Crippen LogP contribution in [0.1, 0.15) is 50.3 Å². The van der Waals surface area contributed by atoms with Crippen LogP contribution in [0.15, 0.2) is 48.5 Å². The molecule has 5 heteroatoms. The predicted octanol–water partition coefficient (Wildman–Crippen LogP) is 4.91. The molecule has 0 saturated carbocycles. The summed E-state index contributed by atoms with van der Waals surface area (Å²) in [5.41, 5.74) is 3.13. The minimum absolute atomic E-state index is 0.0581. The standard InChI is InChI=1S/C24H31ClN2O2/c1-5-18(3)26-24(29)19(4)27(16-21-8-6-7-9-22(21)25)23(28)15-14-20-12-10-17(2)11-13-20/h6-13,18-19H,5,14-16H2,1-4H3,(H,26,29). The Hall–Kier alpha value is -2.33. The lowest BCUT2D eigenvalue weighted by Gasteiger charge is -2.30. The molecule has 0 spiro atoms. The lowest BCUT2D eigenvalue weighted by Crippen LogP contribution is -2.49. The molecular weight excluding hydrogens is 384 g/mol. The fraction of sp³-hybridized carbons (Fsp3) is 0.417. The highest BCUT2D eigenvalue weighted by molar-refractivity contribution is 6.31. The first kappa shape index (κ1) is 23.0. The molecule has 0 aliphatic heterocycles. The van der Waals surface area contributed by atoms with Crippen molar-refractivity contribution in [2.75, 3.05) is 0 Å². The molecule has 2 atom stereocenters. The minimum atomic E-state index is -0.578. The summed E-state index contributed by atoms with van der Waals surface area (Å²) in [6.45, 7) is 8.10. The molecule has 2 aromatic carbocycles. The van der Waals surface area contributed by atoms with Gasteiger partial charge in [0.25, 0.3) is 0 Å². The number of amides is 2. The fourth-order valence-corrected chi connectivity index (χ4v) is 3.20. The molecule has 2 unspecified atom stereocenters. The third-order valence-electron chi connectivity index (χ3n) is 5.21. The second-order valence-corrected chi connectivity index (χ2v) is 8.00. The first-order valence-corrected chi connectivity index (χ1v) is 10.6. The molecule has 0 aromatic heterocycles. The molecular formula is C24H31ClN2O2. The van der Waals surface area contributed by atoms with Gasteiger partial charge in [0, 0.05) is 24.0 Å². The summed E-state index contributed by atoms with van der Waals surface area (Å²) in [4.78, 5) is 27.4. The van der Waals surface area contributed by atoms with Crippen molar-refractivity contribution in [3.8, 4) is 0 Å². The lowest BCUT2D eigenvalue weighted by molar-refractivity contribution is -0.140. The number of aryl methyl sites for hydroxylation is 2. The fourth-order valence-electron chi connectivity index (χ4n) is 3.01. The topological polar surface area (TPSA) is 49.4 Å². The highest BCUT2D eigenvalue weighted by Gasteiger charge is 2.27. The maximum Gasteiger partial charge on any atom is 0.242 e. The Morgan fingerprint density at radius 2 is 1.72 bits per heavy atom. The van der Waals surface area contributed by atoms with E-state index in [1.807, 2.05) is 63.2 Å². The van der Waals surface area contributed by atoms with Gasteiger partial charge in [0.2, 0.25) is 11.8 Å². The number of nitrogens with zero attached hydrogens (tertiary/aromatic N) is 1. The van der Waals surface area contributed by atoms with E-state index < -0.39 is 6.04 Å². The van der Waals surface area contributed by atoms with Crippen LogP contribution >= 0.6 is 11.6 Å². The largest absolute Gasteiger partial charge is 0.352 e. The van der Waals surface area contributed by atoms with Crippen LogP contribution < -0.4 is 5.32 Å². The molecule has 29 heavy (non-hydrogen) atoms. The van der Waals surface area contributed by atoms with E-state index in [0.717, 1.165) is 17.5 Å². The van der Waals surface area contributed by atoms with Gasteiger partial charge in [-0.2, -0.15) is 0 Å². The van der Waals surface area contributed by atoms with Crippen LogP contribution in [0.4, 0.5) is 0 Å². The minimum Gasteiger partial charge on any atom is -0.352 e. The monoisotopic (exact) mass is 414 g/mol. The zero-order chi connectivity index (χ0) is 21.4. The number of benzene rings is 2. The summed E-state index contributed by atoms with van der Waals surface area (Å²) in [6, 6.07) is 15.1. The molecule has 4 nitrogen and oxygen atoms in total. The number of halogens is 1. The Kier molecular flexibility index (Phi) is 8.71. The van der Waals surface area contributed by atoms with Crippen molar-refractivity contribution >= 4 is 23.4 Å². The quantitative estimate of drug-likeness (QED) is 0.633. The second kappa shape index (κ2) is 11.0. The van der Waals surface area contributed by atoms with E-state index in [-0.39, 0.29) is 17.9 Å². The molecule has 0 aliphatic carbocycles. The smallest absolute Gasteiger partial charge is 0.242 e.